The standard InChI is InChI=1S/C17H20N2O3/c1-3-13-10-18-7-6-14(13)17(22)19-11(2)8-12-4-5-15(20)16(21)9-12/h4-7,9-11,20-21H,3,8H2,1-2H3,(H,19,22)/t11-/m0/s1. The minimum Gasteiger partial charge on any atom is -0.504 e. The summed E-state index contributed by atoms with van der Waals surface area (Å²) in [4.78, 5) is 16.3. The fourth-order valence-electron chi connectivity index (χ4n) is 2.33. The predicted octanol–water partition coefficient (Wildman–Crippen LogP) is 2.42. The number of hydrogen-bond donors (Lipinski definition) is 3. The molecule has 5 heteroatoms. The molecule has 0 radical (unpaired) electrons. The second-order valence-electron chi connectivity index (χ2n) is 5.29. The number of hydrogen-bond acceptors (Lipinski definition) is 4. The number of rotatable bonds is 5. The SMILES string of the molecule is CCc1cnccc1C(=O)N[C@@H](C)Cc1ccc(O)c(O)c1. The van der Waals surface area contributed by atoms with Crippen LogP contribution in [-0.2, 0) is 12.8 Å². The average Bonchev–Trinajstić information content (AvgIpc) is 2.50. The second kappa shape index (κ2) is 6.93. The first-order chi connectivity index (χ1) is 10.5. The Balaban J connectivity index is 2.03. The fraction of sp³-hybridized carbons (Fsp3) is 0.294. The number of aromatic nitrogens is 1. The van der Waals surface area contributed by atoms with Crippen LogP contribution < -0.4 is 5.32 Å². The smallest absolute Gasteiger partial charge is 0.251 e. The maximum atomic E-state index is 12.3. The van der Waals surface area contributed by atoms with E-state index < -0.39 is 0 Å². The largest absolute Gasteiger partial charge is 0.504 e. The molecule has 1 amide bonds. The van der Waals surface area contributed by atoms with Gasteiger partial charge in [-0.1, -0.05) is 13.0 Å². The molecular weight excluding hydrogens is 280 g/mol. The summed E-state index contributed by atoms with van der Waals surface area (Å²) in [6.07, 6.45) is 4.62. The topological polar surface area (TPSA) is 82.5 Å². The Hall–Kier alpha value is -2.56. The molecule has 0 aliphatic rings. The molecule has 1 aromatic heterocycles. The van der Waals surface area contributed by atoms with Crippen LogP contribution in [0.2, 0.25) is 0 Å². The van der Waals surface area contributed by atoms with Crippen LogP contribution in [0.5, 0.6) is 11.5 Å². The van der Waals surface area contributed by atoms with Crippen molar-refractivity contribution in [3.05, 3.63) is 53.3 Å². The molecule has 0 bridgehead atoms. The number of amides is 1. The monoisotopic (exact) mass is 300 g/mol. The van der Waals surface area contributed by atoms with Crippen LogP contribution >= 0.6 is 0 Å². The molecule has 0 spiro atoms. The van der Waals surface area contributed by atoms with Gasteiger partial charge in [0.2, 0.25) is 0 Å². The molecule has 0 aliphatic carbocycles. The van der Waals surface area contributed by atoms with Crippen molar-refractivity contribution >= 4 is 5.91 Å². The van der Waals surface area contributed by atoms with Crippen molar-refractivity contribution in [1.29, 1.82) is 0 Å². The van der Waals surface area contributed by atoms with E-state index in [0.717, 1.165) is 17.5 Å². The number of aryl methyl sites for hydroxylation is 1. The van der Waals surface area contributed by atoms with Gasteiger partial charge in [0.1, 0.15) is 0 Å². The summed E-state index contributed by atoms with van der Waals surface area (Å²) in [5.41, 5.74) is 2.39. The van der Waals surface area contributed by atoms with Crippen molar-refractivity contribution < 1.29 is 15.0 Å². The van der Waals surface area contributed by atoms with E-state index in [9.17, 15) is 15.0 Å². The summed E-state index contributed by atoms with van der Waals surface area (Å²) < 4.78 is 0. The molecule has 2 aromatic rings. The number of pyridine rings is 1. The first kappa shape index (κ1) is 15.8. The number of carbonyl (C=O) groups excluding carboxylic acids is 1. The molecule has 0 unspecified atom stereocenters. The van der Waals surface area contributed by atoms with Gasteiger partial charge in [-0.15, -0.1) is 0 Å². The summed E-state index contributed by atoms with van der Waals surface area (Å²) in [6.45, 7) is 3.88. The molecule has 116 valence electrons. The molecule has 0 aliphatic heterocycles. The van der Waals surface area contributed by atoms with Crippen LogP contribution in [0.15, 0.2) is 36.7 Å². The summed E-state index contributed by atoms with van der Waals surface area (Å²) in [7, 11) is 0. The van der Waals surface area contributed by atoms with Gasteiger partial charge >= 0.3 is 0 Å². The zero-order valence-corrected chi connectivity index (χ0v) is 12.7. The molecule has 0 fully saturated rings. The third-order valence-electron chi connectivity index (χ3n) is 3.49. The quantitative estimate of drug-likeness (QED) is 0.741. The molecule has 3 N–H and O–H groups in total. The van der Waals surface area contributed by atoms with E-state index in [-0.39, 0.29) is 23.4 Å². The molecule has 5 nitrogen and oxygen atoms in total. The molecule has 22 heavy (non-hydrogen) atoms. The summed E-state index contributed by atoms with van der Waals surface area (Å²) >= 11 is 0. The summed E-state index contributed by atoms with van der Waals surface area (Å²) in [6, 6.07) is 6.28. The Bertz CT molecular complexity index is 671. The van der Waals surface area contributed by atoms with Crippen molar-refractivity contribution in [3.63, 3.8) is 0 Å². The minimum atomic E-state index is -0.154. The molecule has 1 atom stereocenters. The third kappa shape index (κ3) is 3.75. The number of benzene rings is 1. The Kier molecular flexibility index (Phi) is 4.99. The summed E-state index contributed by atoms with van der Waals surface area (Å²) in [5.74, 6) is -0.432. The van der Waals surface area contributed by atoms with Crippen LogP contribution in [0.25, 0.3) is 0 Å². The molecule has 1 heterocycles. The minimum absolute atomic E-state index is 0.102. The van der Waals surface area contributed by atoms with Crippen molar-refractivity contribution in [2.75, 3.05) is 0 Å². The highest BCUT2D eigenvalue weighted by Crippen LogP contribution is 2.25. The molecular formula is C17H20N2O3. The zero-order chi connectivity index (χ0) is 16.1. The van der Waals surface area contributed by atoms with E-state index in [2.05, 4.69) is 10.3 Å². The van der Waals surface area contributed by atoms with Gasteiger partial charge in [-0.25, -0.2) is 0 Å². The van der Waals surface area contributed by atoms with E-state index in [1.165, 1.54) is 12.1 Å². The van der Waals surface area contributed by atoms with E-state index in [0.29, 0.717) is 12.0 Å². The van der Waals surface area contributed by atoms with Gasteiger partial charge in [0.05, 0.1) is 0 Å². The Morgan fingerprint density at radius 2 is 2.05 bits per heavy atom. The van der Waals surface area contributed by atoms with Gasteiger partial charge in [0, 0.05) is 24.0 Å². The fourth-order valence-corrected chi connectivity index (χ4v) is 2.33. The number of phenolic OH excluding ortho intramolecular Hbond substituents is 2. The lowest BCUT2D eigenvalue weighted by molar-refractivity contribution is 0.0939. The van der Waals surface area contributed by atoms with Crippen LogP contribution in [0.1, 0.15) is 35.3 Å². The Morgan fingerprint density at radius 1 is 1.27 bits per heavy atom. The second-order valence-corrected chi connectivity index (χ2v) is 5.29. The number of carbonyl (C=O) groups is 1. The molecule has 2 rings (SSSR count). The zero-order valence-electron chi connectivity index (χ0n) is 12.7. The van der Waals surface area contributed by atoms with Gasteiger partial charge in [-0.05, 0) is 49.1 Å². The number of nitrogens with zero attached hydrogens (tertiary/aromatic N) is 1. The molecule has 0 saturated heterocycles. The number of phenols is 2. The number of nitrogens with one attached hydrogen (secondary N) is 1. The predicted molar refractivity (Wildman–Crippen MR) is 84.0 cm³/mol. The molecule has 1 aromatic carbocycles. The van der Waals surface area contributed by atoms with Gasteiger partial charge in [0.25, 0.3) is 5.91 Å². The van der Waals surface area contributed by atoms with E-state index in [4.69, 9.17) is 0 Å². The van der Waals surface area contributed by atoms with Crippen molar-refractivity contribution in [3.8, 4) is 11.5 Å². The number of aromatic hydroxyl groups is 2. The highest BCUT2D eigenvalue weighted by atomic mass is 16.3. The normalized spacial score (nSPS) is 11.9. The van der Waals surface area contributed by atoms with E-state index in [1.807, 2.05) is 13.8 Å². The first-order valence-corrected chi connectivity index (χ1v) is 7.25. The van der Waals surface area contributed by atoms with Gasteiger partial charge < -0.3 is 15.5 Å². The van der Waals surface area contributed by atoms with Gasteiger partial charge in [-0.2, -0.15) is 0 Å². The lowest BCUT2D eigenvalue weighted by Crippen LogP contribution is -2.34. The van der Waals surface area contributed by atoms with E-state index in [1.54, 1.807) is 24.5 Å². The molecule has 0 saturated carbocycles. The van der Waals surface area contributed by atoms with Crippen LogP contribution in [-0.4, -0.2) is 27.1 Å². The maximum absolute atomic E-state index is 12.3. The van der Waals surface area contributed by atoms with Gasteiger partial charge in [-0.3, -0.25) is 9.78 Å². The Labute approximate surface area is 129 Å². The van der Waals surface area contributed by atoms with E-state index >= 15 is 0 Å². The first-order valence-electron chi connectivity index (χ1n) is 7.25. The van der Waals surface area contributed by atoms with Crippen molar-refractivity contribution in [1.82, 2.24) is 10.3 Å². The van der Waals surface area contributed by atoms with Crippen LogP contribution in [0, 0.1) is 0 Å². The highest BCUT2D eigenvalue weighted by Gasteiger charge is 2.14. The lowest BCUT2D eigenvalue weighted by Gasteiger charge is -2.15. The van der Waals surface area contributed by atoms with Crippen molar-refractivity contribution in [2.45, 2.75) is 32.7 Å². The summed E-state index contributed by atoms with van der Waals surface area (Å²) in [5, 5.41) is 21.7. The maximum Gasteiger partial charge on any atom is 0.251 e. The average molecular weight is 300 g/mol. The highest BCUT2D eigenvalue weighted by molar-refractivity contribution is 5.95. The van der Waals surface area contributed by atoms with Crippen molar-refractivity contribution in [2.24, 2.45) is 0 Å². The third-order valence-corrected chi connectivity index (χ3v) is 3.49. The lowest BCUT2D eigenvalue weighted by atomic mass is 10.0. The Morgan fingerprint density at radius 3 is 2.73 bits per heavy atom. The van der Waals surface area contributed by atoms with Crippen LogP contribution in [0.3, 0.4) is 0 Å². The van der Waals surface area contributed by atoms with Gasteiger partial charge in [0.15, 0.2) is 11.5 Å². The van der Waals surface area contributed by atoms with Crippen LogP contribution in [0.4, 0.5) is 0 Å².